The van der Waals surface area contributed by atoms with Gasteiger partial charge in [-0.15, -0.1) is 0 Å². The van der Waals surface area contributed by atoms with Crippen molar-refractivity contribution in [3.8, 4) is 0 Å². The molecule has 0 bridgehead atoms. The van der Waals surface area contributed by atoms with Crippen molar-refractivity contribution >= 4 is 5.78 Å². The third kappa shape index (κ3) is 1.33. The van der Waals surface area contributed by atoms with Gasteiger partial charge < -0.3 is 0 Å². The zero-order valence-corrected chi connectivity index (χ0v) is 7.01. The van der Waals surface area contributed by atoms with Crippen LogP contribution in [-0.2, 0) is 4.79 Å². The van der Waals surface area contributed by atoms with Crippen LogP contribution in [0.15, 0.2) is 0 Å². The van der Waals surface area contributed by atoms with Gasteiger partial charge in [0, 0.05) is 12.3 Å². The topological polar surface area (TPSA) is 17.1 Å². The number of carbonyl (C=O) groups excluding carboxylic acids is 1. The maximum Gasteiger partial charge on any atom is 0.136 e. The first-order chi connectivity index (χ1) is 5.38. The molecule has 0 unspecified atom stereocenters. The molecule has 0 heterocycles. The molecule has 2 fully saturated rings. The van der Waals surface area contributed by atoms with Crippen molar-refractivity contribution in [3.63, 3.8) is 0 Å². The molecule has 0 aromatic rings. The van der Waals surface area contributed by atoms with Gasteiger partial charge in [-0.1, -0.05) is 12.8 Å². The predicted molar refractivity (Wildman–Crippen MR) is 44.3 cm³/mol. The molecule has 62 valence electrons. The molecule has 2 atom stereocenters. The van der Waals surface area contributed by atoms with Crippen molar-refractivity contribution in [3.05, 3.63) is 0 Å². The average molecular weight is 152 g/mol. The fraction of sp³-hybridized carbons (Fsp3) is 0.900. The van der Waals surface area contributed by atoms with E-state index in [0.717, 1.165) is 12.3 Å². The van der Waals surface area contributed by atoms with Crippen molar-refractivity contribution in [1.82, 2.24) is 0 Å². The van der Waals surface area contributed by atoms with Crippen molar-refractivity contribution in [1.29, 1.82) is 0 Å². The molecular weight excluding hydrogens is 136 g/mol. The summed E-state index contributed by atoms with van der Waals surface area (Å²) >= 11 is 0. The molecule has 2 aliphatic rings. The van der Waals surface area contributed by atoms with E-state index in [2.05, 4.69) is 0 Å². The number of carbonyl (C=O) groups is 1. The van der Waals surface area contributed by atoms with Gasteiger partial charge in [-0.25, -0.2) is 0 Å². The van der Waals surface area contributed by atoms with Crippen molar-refractivity contribution in [2.24, 2.45) is 11.8 Å². The second-order valence-corrected chi connectivity index (χ2v) is 4.01. The lowest BCUT2D eigenvalue weighted by molar-refractivity contribution is -0.127. The molecule has 1 heteroatoms. The molecule has 0 spiro atoms. The van der Waals surface area contributed by atoms with Crippen LogP contribution in [0.1, 0.15) is 44.9 Å². The molecule has 0 aromatic heterocycles. The van der Waals surface area contributed by atoms with Gasteiger partial charge in [0.25, 0.3) is 0 Å². The molecule has 2 rings (SSSR count). The van der Waals surface area contributed by atoms with Crippen molar-refractivity contribution < 1.29 is 4.79 Å². The highest BCUT2D eigenvalue weighted by Gasteiger charge is 2.32. The lowest BCUT2D eigenvalue weighted by atomic mass is 9.70. The highest BCUT2D eigenvalue weighted by molar-refractivity contribution is 5.82. The molecule has 0 aromatic carbocycles. The van der Waals surface area contributed by atoms with Crippen LogP contribution in [0.2, 0.25) is 0 Å². The highest BCUT2D eigenvalue weighted by atomic mass is 16.1. The summed E-state index contributed by atoms with van der Waals surface area (Å²) in [6, 6.07) is 0. The van der Waals surface area contributed by atoms with Gasteiger partial charge >= 0.3 is 0 Å². The number of fused-ring (bicyclic) bond motifs is 1. The summed E-state index contributed by atoms with van der Waals surface area (Å²) in [6.07, 6.45) is 8.57. The van der Waals surface area contributed by atoms with Gasteiger partial charge in [0.15, 0.2) is 0 Å². The quantitative estimate of drug-likeness (QED) is 0.521. The van der Waals surface area contributed by atoms with Gasteiger partial charge in [-0.3, -0.25) is 4.79 Å². The third-order valence-electron chi connectivity index (χ3n) is 3.32. The Hall–Kier alpha value is -0.330. The Morgan fingerprint density at radius 1 is 1.00 bits per heavy atom. The normalized spacial score (nSPS) is 38.4. The van der Waals surface area contributed by atoms with Crippen LogP contribution < -0.4 is 0 Å². The first-order valence-electron chi connectivity index (χ1n) is 4.90. The minimum atomic E-state index is 0.484. The molecule has 0 radical (unpaired) electrons. The Kier molecular flexibility index (Phi) is 1.97. The lowest BCUT2D eigenvalue weighted by Crippen LogP contribution is -2.30. The lowest BCUT2D eigenvalue weighted by Gasteiger charge is -2.33. The van der Waals surface area contributed by atoms with Crippen LogP contribution in [0.4, 0.5) is 0 Å². The fourth-order valence-corrected chi connectivity index (χ4v) is 2.70. The molecule has 0 N–H and O–H groups in total. The summed E-state index contributed by atoms with van der Waals surface area (Å²) in [5.41, 5.74) is 0. The minimum Gasteiger partial charge on any atom is -0.299 e. The second kappa shape index (κ2) is 2.96. The van der Waals surface area contributed by atoms with Crippen molar-refractivity contribution in [2.45, 2.75) is 44.9 Å². The van der Waals surface area contributed by atoms with Crippen LogP contribution >= 0.6 is 0 Å². The number of ketones is 1. The maximum absolute atomic E-state index is 11.4. The zero-order valence-electron chi connectivity index (χ0n) is 7.01. The Morgan fingerprint density at radius 3 is 2.55 bits per heavy atom. The molecule has 0 amide bonds. The number of hydrogen-bond acceptors (Lipinski definition) is 1. The third-order valence-corrected chi connectivity index (χ3v) is 3.32. The summed E-state index contributed by atoms with van der Waals surface area (Å²) in [7, 11) is 0. The number of rotatable bonds is 0. The van der Waals surface area contributed by atoms with E-state index in [1.165, 1.54) is 38.5 Å². The van der Waals surface area contributed by atoms with Crippen LogP contribution in [0.5, 0.6) is 0 Å². The number of hydrogen-bond donors (Lipinski definition) is 0. The average Bonchev–Trinajstić information content (AvgIpc) is 2.06. The first-order valence-corrected chi connectivity index (χ1v) is 4.90. The molecule has 11 heavy (non-hydrogen) atoms. The molecule has 0 saturated heterocycles. The van der Waals surface area contributed by atoms with Crippen LogP contribution in [0.3, 0.4) is 0 Å². The van der Waals surface area contributed by atoms with Crippen LogP contribution in [0, 0.1) is 11.8 Å². The van der Waals surface area contributed by atoms with E-state index in [0.29, 0.717) is 11.7 Å². The van der Waals surface area contributed by atoms with Crippen LogP contribution in [-0.4, -0.2) is 5.78 Å². The second-order valence-electron chi connectivity index (χ2n) is 4.01. The molecule has 0 aliphatic heterocycles. The van der Waals surface area contributed by atoms with Crippen LogP contribution in [0.25, 0.3) is 0 Å². The summed E-state index contributed by atoms with van der Waals surface area (Å²) in [5.74, 6) is 1.84. The monoisotopic (exact) mass is 152 g/mol. The smallest absolute Gasteiger partial charge is 0.136 e. The standard InChI is InChI=1S/C10H16O/c11-10-7-3-5-8-4-1-2-6-9(8)10/h8-9H,1-7H2/t8-,9-/m1/s1. The predicted octanol–water partition coefficient (Wildman–Crippen LogP) is 2.55. The largest absolute Gasteiger partial charge is 0.299 e. The SMILES string of the molecule is O=C1CCC[C@H]2CCCC[C@@H]12. The molecule has 2 aliphatic carbocycles. The van der Waals surface area contributed by atoms with Gasteiger partial charge in [0.2, 0.25) is 0 Å². The summed E-state index contributed by atoms with van der Waals surface area (Å²) in [6.45, 7) is 0. The minimum absolute atomic E-state index is 0.484. The maximum atomic E-state index is 11.4. The Morgan fingerprint density at radius 2 is 1.73 bits per heavy atom. The highest BCUT2D eigenvalue weighted by Crippen LogP contribution is 2.38. The van der Waals surface area contributed by atoms with E-state index in [-0.39, 0.29) is 0 Å². The summed E-state index contributed by atoms with van der Waals surface area (Å²) < 4.78 is 0. The molecule has 1 nitrogen and oxygen atoms in total. The van der Waals surface area contributed by atoms with E-state index in [4.69, 9.17) is 0 Å². The fourth-order valence-electron chi connectivity index (χ4n) is 2.70. The van der Waals surface area contributed by atoms with E-state index < -0.39 is 0 Å². The Labute approximate surface area is 68.2 Å². The van der Waals surface area contributed by atoms with E-state index in [1.54, 1.807) is 0 Å². The van der Waals surface area contributed by atoms with E-state index in [9.17, 15) is 4.79 Å². The summed E-state index contributed by atoms with van der Waals surface area (Å²) in [5, 5.41) is 0. The van der Waals surface area contributed by atoms with E-state index in [1.807, 2.05) is 0 Å². The van der Waals surface area contributed by atoms with Gasteiger partial charge in [-0.2, -0.15) is 0 Å². The van der Waals surface area contributed by atoms with Gasteiger partial charge in [-0.05, 0) is 31.6 Å². The Bertz CT molecular complexity index is 160. The van der Waals surface area contributed by atoms with Gasteiger partial charge in [0.05, 0.1) is 0 Å². The van der Waals surface area contributed by atoms with Crippen molar-refractivity contribution in [2.75, 3.05) is 0 Å². The van der Waals surface area contributed by atoms with Gasteiger partial charge in [0.1, 0.15) is 5.78 Å². The Balaban J connectivity index is 2.05. The molecular formula is C10H16O. The summed E-state index contributed by atoms with van der Waals surface area (Å²) in [4.78, 5) is 11.4. The number of Topliss-reactive ketones (excluding diaryl/α,β-unsaturated/α-hetero) is 1. The zero-order chi connectivity index (χ0) is 7.68. The molecule has 2 saturated carbocycles. The first kappa shape index (κ1) is 7.33. The van der Waals surface area contributed by atoms with E-state index >= 15 is 0 Å².